The quantitative estimate of drug-likeness (QED) is 0.578. The van der Waals surface area contributed by atoms with E-state index in [1.54, 1.807) is 0 Å². The van der Waals surface area contributed by atoms with Crippen LogP contribution < -0.4 is 5.32 Å². The molecule has 0 aliphatic carbocycles. The first-order valence-corrected chi connectivity index (χ1v) is 9.44. The lowest BCUT2D eigenvalue weighted by Gasteiger charge is -2.33. The van der Waals surface area contributed by atoms with Crippen LogP contribution in [0.25, 0.3) is 0 Å². The lowest BCUT2D eigenvalue weighted by Crippen LogP contribution is -2.34. The van der Waals surface area contributed by atoms with E-state index in [-0.39, 0.29) is 0 Å². The van der Waals surface area contributed by atoms with Gasteiger partial charge in [0.2, 0.25) is 0 Å². The van der Waals surface area contributed by atoms with Gasteiger partial charge in [0.05, 0.1) is 0 Å². The van der Waals surface area contributed by atoms with Crippen LogP contribution in [0.2, 0.25) is 0 Å². The predicted molar refractivity (Wildman–Crippen MR) is 99.0 cm³/mol. The summed E-state index contributed by atoms with van der Waals surface area (Å²) >= 11 is 10.8. The second-order valence-corrected chi connectivity index (χ2v) is 8.06. The second kappa shape index (κ2) is 6.95. The summed E-state index contributed by atoms with van der Waals surface area (Å²) in [7, 11) is 0. The van der Waals surface area contributed by atoms with Gasteiger partial charge in [-0.05, 0) is 86.1 Å². The van der Waals surface area contributed by atoms with Crippen LogP contribution in [-0.2, 0) is 0 Å². The summed E-state index contributed by atoms with van der Waals surface area (Å²) in [6, 6.07) is 15.3. The van der Waals surface area contributed by atoms with Gasteiger partial charge in [-0.15, -0.1) is 0 Å². The van der Waals surface area contributed by atoms with Gasteiger partial charge in [-0.3, -0.25) is 0 Å². The van der Waals surface area contributed by atoms with Crippen LogP contribution in [0, 0.1) is 0 Å². The molecular weight excluding hydrogens is 458 g/mol. The fourth-order valence-corrected chi connectivity index (χ4v) is 4.15. The summed E-state index contributed by atoms with van der Waals surface area (Å²) in [5, 5.41) is 3.54. The molecule has 0 spiro atoms. The van der Waals surface area contributed by atoms with Crippen molar-refractivity contribution < 1.29 is 0 Å². The van der Waals surface area contributed by atoms with Gasteiger partial charge in [0.15, 0.2) is 0 Å². The lowest BCUT2D eigenvalue weighted by molar-refractivity contribution is 0.404. The number of piperidine rings is 1. The number of hydrogen-bond acceptors (Lipinski definition) is 1. The van der Waals surface area contributed by atoms with Gasteiger partial charge in [0.1, 0.15) is 0 Å². The minimum atomic E-state index is 0.518. The minimum absolute atomic E-state index is 0.518. The Bertz CT molecular complexity index is 642. The van der Waals surface area contributed by atoms with Crippen molar-refractivity contribution in [1.29, 1.82) is 0 Å². The molecule has 3 rings (SSSR count). The molecule has 2 aromatic carbocycles. The number of halogens is 3. The summed E-state index contributed by atoms with van der Waals surface area (Å²) in [6.07, 6.45) is 1.17. The molecule has 1 fully saturated rings. The van der Waals surface area contributed by atoms with Crippen molar-refractivity contribution in [2.24, 2.45) is 0 Å². The largest absolute Gasteiger partial charge is 0.316 e. The molecule has 2 unspecified atom stereocenters. The Morgan fingerprint density at radius 1 is 0.857 bits per heavy atom. The maximum absolute atomic E-state index is 3.63. The van der Waals surface area contributed by atoms with Gasteiger partial charge >= 0.3 is 0 Å². The molecule has 0 amide bonds. The van der Waals surface area contributed by atoms with Crippen molar-refractivity contribution in [3.05, 3.63) is 67.0 Å². The average molecular weight is 474 g/mol. The highest BCUT2D eigenvalue weighted by molar-refractivity contribution is 9.13. The van der Waals surface area contributed by atoms with Crippen LogP contribution in [0.1, 0.15) is 29.4 Å². The second-order valence-electron chi connectivity index (χ2n) is 5.43. The van der Waals surface area contributed by atoms with Crippen LogP contribution in [0.5, 0.6) is 0 Å². The van der Waals surface area contributed by atoms with E-state index >= 15 is 0 Å². The highest BCUT2D eigenvalue weighted by Gasteiger charge is 2.28. The topological polar surface area (TPSA) is 12.0 Å². The maximum atomic E-state index is 3.63. The Labute approximate surface area is 150 Å². The third kappa shape index (κ3) is 3.61. The molecule has 0 bridgehead atoms. The van der Waals surface area contributed by atoms with E-state index in [4.69, 9.17) is 0 Å². The molecule has 1 N–H and O–H groups in total. The third-order valence-electron chi connectivity index (χ3n) is 4.13. The van der Waals surface area contributed by atoms with Crippen molar-refractivity contribution >= 4 is 47.8 Å². The van der Waals surface area contributed by atoms with E-state index in [0.717, 1.165) is 26.5 Å². The zero-order chi connectivity index (χ0) is 14.8. The molecule has 0 saturated carbocycles. The fourth-order valence-electron chi connectivity index (χ4n) is 3.09. The molecule has 1 aliphatic rings. The molecular formula is C17H16Br3N. The lowest BCUT2D eigenvalue weighted by atomic mass is 9.77. The van der Waals surface area contributed by atoms with Crippen LogP contribution >= 0.6 is 47.8 Å². The van der Waals surface area contributed by atoms with Crippen molar-refractivity contribution in [2.75, 3.05) is 13.1 Å². The van der Waals surface area contributed by atoms with Crippen LogP contribution in [-0.4, -0.2) is 13.1 Å². The third-order valence-corrected chi connectivity index (χ3v) is 6.50. The van der Waals surface area contributed by atoms with Crippen LogP contribution in [0.4, 0.5) is 0 Å². The molecule has 21 heavy (non-hydrogen) atoms. The summed E-state index contributed by atoms with van der Waals surface area (Å²) in [4.78, 5) is 0. The summed E-state index contributed by atoms with van der Waals surface area (Å²) in [5.74, 6) is 1.08. The molecule has 0 radical (unpaired) electrons. The Balaban J connectivity index is 1.96. The molecule has 1 nitrogen and oxygen atoms in total. The predicted octanol–water partition coefficient (Wildman–Crippen LogP) is 5.83. The summed E-state index contributed by atoms with van der Waals surface area (Å²) in [6.45, 7) is 2.12. The van der Waals surface area contributed by atoms with Crippen LogP contribution in [0.15, 0.2) is 55.9 Å². The van der Waals surface area contributed by atoms with Crippen molar-refractivity contribution in [3.63, 3.8) is 0 Å². The maximum Gasteiger partial charge on any atom is 0.0320 e. The van der Waals surface area contributed by atoms with Gasteiger partial charge in [-0.2, -0.15) is 0 Å². The highest BCUT2D eigenvalue weighted by atomic mass is 79.9. The number of rotatable bonds is 2. The van der Waals surface area contributed by atoms with Crippen LogP contribution in [0.3, 0.4) is 0 Å². The van der Waals surface area contributed by atoms with Gasteiger partial charge in [0, 0.05) is 25.9 Å². The van der Waals surface area contributed by atoms with E-state index in [0.29, 0.717) is 11.8 Å². The zero-order valence-electron chi connectivity index (χ0n) is 11.5. The minimum Gasteiger partial charge on any atom is -0.316 e. The first-order valence-electron chi connectivity index (χ1n) is 7.06. The molecule has 1 aliphatic heterocycles. The van der Waals surface area contributed by atoms with Gasteiger partial charge in [-0.25, -0.2) is 0 Å². The zero-order valence-corrected chi connectivity index (χ0v) is 16.2. The molecule has 1 saturated heterocycles. The van der Waals surface area contributed by atoms with E-state index < -0.39 is 0 Å². The molecule has 0 aromatic heterocycles. The fraction of sp³-hybridized carbons (Fsp3) is 0.294. The first kappa shape index (κ1) is 15.7. The van der Waals surface area contributed by atoms with E-state index in [1.165, 1.54) is 17.5 Å². The van der Waals surface area contributed by atoms with Crippen molar-refractivity contribution in [2.45, 2.75) is 18.3 Å². The number of hydrogen-bond donors (Lipinski definition) is 1. The summed E-state index contributed by atoms with van der Waals surface area (Å²) in [5.41, 5.74) is 2.82. The standard InChI is InChI=1S/C17H16Br3N/c18-13-3-1-2-11(8-13)15-10-21-7-6-14(15)12-4-5-16(19)17(20)9-12/h1-5,8-9,14-15,21H,6-7,10H2. The molecule has 4 heteroatoms. The number of benzene rings is 2. The molecule has 110 valence electrons. The Hall–Kier alpha value is -0.160. The van der Waals surface area contributed by atoms with E-state index in [2.05, 4.69) is 95.6 Å². The molecule has 2 atom stereocenters. The van der Waals surface area contributed by atoms with Gasteiger partial charge in [-0.1, -0.05) is 34.1 Å². The van der Waals surface area contributed by atoms with E-state index in [1.807, 2.05) is 0 Å². The Morgan fingerprint density at radius 3 is 2.43 bits per heavy atom. The summed E-state index contributed by atoms with van der Waals surface area (Å²) < 4.78 is 3.40. The average Bonchev–Trinajstić information content (AvgIpc) is 2.50. The monoisotopic (exact) mass is 471 g/mol. The Morgan fingerprint density at radius 2 is 1.67 bits per heavy atom. The Kier molecular flexibility index (Phi) is 5.20. The SMILES string of the molecule is Brc1cccc(C2CNCCC2c2ccc(Br)c(Br)c2)c1. The highest BCUT2D eigenvalue weighted by Crippen LogP contribution is 2.39. The molecule has 1 heterocycles. The smallest absolute Gasteiger partial charge is 0.0320 e. The van der Waals surface area contributed by atoms with Gasteiger partial charge < -0.3 is 5.32 Å². The van der Waals surface area contributed by atoms with Crippen molar-refractivity contribution in [3.8, 4) is 0 Å². The van der Waals surface area contributed by atoms with Crippen molar-refractivity contribution in [1.82, 2.24) is 5.32 Å². The van der Waals surface area contributed by atoms with Gasteiger partial charge in [0.25, 0.3) is 0 Å². The van der Waals surface area contributed by atoms with E-state index in [9.17, 15) is 0 Å². The normalized spacial score (nSPS) is 22.2. The molecule has 2 aromatic rings. The first-order chi connectivity index (χ1) is 10.1. The number of nitrogens with one attached hydrogen (secondary N) is 1.